The highest BCUT2D eigenvalue weighted by molar-refractivity contribution is 5.44. The molecule has 1 fully saturated rings. The number of anilines is 1. The van der Waals surface area contributed by atoms with Gasteiger partial charge >= 0.3 is 0 Å². The molecule has 112 valence electrons. The Morgan fingerprint density at radius 2 is 2.05 bits per heavy atom. The van der Waals surface area contributed by atoms with Crippen molar-refractivity contribution in [2.45, 2.75) is 50.6 Å². The van der Waals surface area contributed by atoms with Crippen molar-refractivity contribution in [3.8, 4) is 0 Å². The van der Waals surface area contributed by atoms with Crippen molar-refractivity contribution in [2.75, 3.05) is 19.8 Å². The molecule has 1 aliphatic rings. The van der Waals surface area contributed by atoms with Gasteiger partial charge < -0.3 is 16.4 Å². The average Bonchev–Trinajstić information content (AvgIpc) is 2.42. The fraction of sp³-hybridized carbons (Fsp3) is 0.688. The van der Waals surface area contributed by atoms with Gasteiger partial charge in [-0.3, -0.25) is 4.98 Å². The minimum atomic E-state index is 0.0921. The van der Waals surface area contributed by atoms with Gasteiger partial charge in [0.05, 0.1) is 0 Å². The number of hydrogen-bond acceptors (Lipinski definition) is 4. The van der Waals surface area contributed by atoms with Gasteiger partial charge in [-0.1, -0.05) is 6.92 Å². The third-order valence-corrected chi connectivity index (χ3v) is 5.10. The van der Waals surface area contributed by atoms with Crippen molar-refractivity contribution in [3.05, 3.63) is 24.0 Å². The summed E-state index contributed by atoms with van der Waals surface area (Å²) in [5.74, 6) is 0.818. The van der Waals surface area contributed by atoms with Crippen LogP contribution in [0.15, 0.2) is 18.5 Å². The lowest BCUT2D eigenvalue weighted by molar-refractivity contribution is 0.0568. The third kappa shape index (κ3) is 2.96. The van der Waals surface area contributed by atoms with Gasteiger partial charge in [-0.15, -0.1) is 0 Å². The normalized spacial score (nSPS) is 28.6. The van der Waals surface area contributed by atoms with Gasteiger partial charge in [0.2, 0.25) is 0 Å². The lowest BCUT2D eigenvalue weighted by Gasteiger charge is -2.48. The fourth-order valence-electron chi connectivity index (χ4n) is 3.45. The zero-order chi connectivity index (χ0) is 14.8. The van der Waals surface area contributed by atoms with Gasteiger partial charge in [-0.2, -0.15) is 0 Å². The molecule has 1 aliphatic carbocycles. The molecule has 1 atom stereocenters. The zero-order valence-electron chi connectivity index (χ0n) is 13.0. The molecule has 0 bridgehead atoms. The fourth-order valence-corrected chi connectivity index (χ4v) is 3.45. The summed E-state index contributed by atoms with van der Waals surface area (Å²) in [6.45, 7) is 2.34. The van der Waals surface area contributed by atoms with Gasteiger partial charge in [-0.05, 0) is 63.7 Å². The number of nitrogens with two attached hydrogens (primary N) is 2. The Morgan fingerprint density at radius 1 is 1.40 bits per heavy atom. The molecule has 1 aromatic rings. The van der Waals surface area contributed by atoms with Crippen molar-refractivity contribution >= 4 is 5.69 Å². The van der Waals surface area contributed by atoms with Crippen LogP contribution in [0, 0.1) is 5.92 Å². The lowest BCUT2D eigenvalue weighted by Crippen LogP contribution is -2.59. The molecule has 0 saturated heterocycles. The molecule has 4 N–H and O–H groups in total. The maximum Gasteiger partial charge on any atom is 0.0378 e. The molecule has 1 saturated carbocycles. The van der Waals surface area contributed by atoms with Crippen LogP contribution in [0.1, 0.15) is 38.2 Å². The molecule has 1 aromatic heterocycles. The second-order valence-electron chi connectivity index (χ2n) is 6.57. The second kappa shape index (κ2) is 6.10. The van der Waals surface area contributed by atoms with E-state index in [9.17, 15) is 0 Å². The van der Waals surface area contributed by atoms with E-state index in [1.54, 1.807) is 6.20 Å². The maximum absolute atomic E-state index is 6.61. The minimum Gasteiger partial charge on any atom is -0.398 e. The predicted octanol–water partition coefficient (Wildman–Crippen LogP) is 2.04. The van der Waals surface area contributed by atoms with Crippen LogP contribution in [-0.4, -0.2) is 35.6 Å². The van der Waals surface area contributed by atoms with Crippen molar-refractivity contribution < 1.29 is 0 Å². The number of pyridine rings is 1. The number of aromatic nitrogens is 1. The third-order valence-electron chi connectivity index (χ3n) is 5.10. The minimum absolute atomic E-state index is 0.0921. The Morgan fingerprint density at radius 3 is 2.60 bits per heavy atom. The first kappa shape index (κ1) is 15.3. The van der Waals surface area contributed by atoms with Crippen molar-refractivity contribution in [2.24, 2.45) is 11.7 Å². The molecule has 0 aromatic carbocycles. The van der Waals surface area contributed by atoms with E-state index in [4.69, 9.17) is 11.5 Å². The summed E-state index contributed by atoms with van der Waals surface area (Å²) >= 11 is 0. The molecule has 2 rings (SSSR count). The van der Waals surface area contributed by atoms with E-state index in [0.29, 0.717) is 0 Å². The Bertz CT molecular complexity index is 436. The molecule has 0 amide bonds. The van der Waals surface area contributed by atoms with Crippen molar-refractivity contribution in [1.29, 1.82) is 0 Å². The second-order valence-corrected chi connectivity index (χ2v) is 6.57. The molecule has 0 spiro atoms. The SMILES string of the molecule is CC1CCC(C(N)Cc2cnccc2N)(N(C)C)CC1. The Hall–Kier alpha value is -1.13. The number of nitrogen functional groups attached to an aromatic ring is 1. The standard InChI is InChI=1S/C16H28N4/c1-12-4-7-16(8-5-12,20(2)3)15(18)10-13-11-19-9-6-14(13)17/h6,9,11-12,15H,4-5,7-8,10,18H2,1-3H3,(H2,17,19). The highest BCUT2D eigenvalue weighted by Gasteiger charge is 2.41. The van der Waals surface area contributed by atoms with Gasteiger partial charge in [0, 0.05) is 29.7 Å². The van der Waals surface area contributed by atoms with E-state index >= 15 is 0 Å². The van der Waals surface area contributed by atoms with Crippen LogP contribution < -0.4 is 11.5 Å². The van der Waals surface area contributed by atoms with Crippen molar-refractivity contribution in [1.82, 2.24) is 9.88 Å². The van der Waals surface area contributed by atoms with Crippen LogP contribution in [0.3, 0.4) is 0 Å². The average molecular weight is 276 g/mol. The maximum atomic E-state index is 6.61. The first-order chi connectivity index (χ1) is 9.45. The predicted molar refractivity (Wildman–Crippen MR) is 84.4 cm³/mol. The number of rotatable bonds is 4. The molecule has 0 aliphatic heterocycles. The number of nitrogens with zero attached hydrogens (tertiary/aromatic N) is 2. The van der Waals surface area contributed by atoms with Gasteiger partial charge in [0.25, 0.3) is 0 Å². The Kier molecular flexibility index (Phi) is 4.66. The monoisotopic (exact) mass is 276 g/mol. The Balaban J connectivity index is 2.16. The van der Waals surface area contributed by atoms with Crippen LogP contribution >= 0.6 is 0 Å². The van der Waals surface area contributed by atoms with Gasteiger partial charge in [0.15, 0.2) is 0 Å². The largest absolute Gasteiger partial charge is 0.398 e. The molecule has 4 heteroatoms. The topological polar surface area (TPSA) is 68.2 Å². The van der Waals surface area contributed by atoms with E-state index in [-0.39, 0.29) is 11.6 Å². The van der Waals surface area contributed by atoms with Crippen LogP contribution in [0.2, 0.25) is 0 Å². The first-order valence-electron chi connectivity index (χ1n) is 7.57. The summed E-state index contributed by atoms with van der Waals surface area (Å²) in [5.41, 5.74) is 14.6. The van der Waals surface area contributed by atoms with E-state index in [1.807, 2.05) is 12.3 Å². The van der Waals surface area contributed by atoms with Gasteiger partial charge in [0.1, 0.15) is 0 Å². The van der Waals surface area contributed by atoms with Crippen LogP contribution in [-0.2, 0) is 6.42 Å². The zero-order valence-corrected chi connectivity index (χ0v) is 13.0. The van der Waals surface area contributed by atoms with Crippen LogP contribution in [0.4, 0.5) is 5.69 Å². The van der Waals surface area contributed by atoms with E-state index < -0.39 is 0 Å². The number of hydrogen-bond donors (Lipinski definition) is 2. The molecule has 4 nitrogen and oxygen atoms in total. The van der Waals surface area contributed by atoms with E-state index in [2.05, 4.69) is 30.9 Å². The summed E-state index contributed by atoms with van der Waals surface area (Å²) in [4.78, 5) is 6.50. The van der Waals surface area contributed by atoms with E-state index in [0.717, 1.165) is 23.6 Å². The number of likely N-dealkylation sites (N-methyl/N-ethyl adjacent to an activating group) is 1. The summed E-state index contributed by atoms with van der Waals surface area (Å²) in [7, 11) is 4.31. The summed E-state index contributed by atoms with van der Waals surface area (Å²) in [6, 6.07) is 1.95. The molecular weight excluding hydrogens is 248 g/mol. The van der Waals surface area contributed by atoms with Crippen LogP contribution in [0.5, 0.6) is 0 Å². The molecule has 1 heterocycles. The summed E-state index contributed by atoms with van der Waals surface area (Å²) in [5, 5.41) is 0. The molecule has 1 unspecified atom stereocenters. The summed E-state index contributed by atoms with van der Waals surface area (Å²) < 4.78 is 0. The first-order valence-corrected chi connectivity index (χ1v) is 7.57. The molecular formula is C16H28N4. The van der Waals surface area contributed by atoms with Crippen LogP contribution in [0.25, 0.3) is 0 Å². The quantitative estimate of drug-likeness (QED) is 0.883. The smallest absolute Gasteiger partial charge is 0.0378 e. The van der Waals surface area contributed by atoms with Gasteiger partial charge in [-0.25, -0.2) is 0 Å². The van der Waals surface area contributed by atoms with Crippen molar-refractivity contribution in [3.63, 3.8) is 0 Å². The Labute approximate surface area is 122 Å². The highest BCUT2D eigenvalue weighted by atomic mass is 15.2. The lowest BCUT2D eigenvalue weighted by atomic mass is 9.71. The highest BCUT2D eigenvalue weighted by Crippen LogP contribution is 2.38. The van der Waals surface area contributed by atoms with E-state index in [1.165, 1.54) is 25.7 Å². The summed E-state index contributed by atoms with van der Waals surface area (Å²) in [6.07, 6.45) is 9.23. The molecule has 0 radical (unpaired) electrons. The molecule has 20 heavy (non-hydrogen) atoms.